The molecule has 0 amide bonds. The van der Waals surface area contributed by atoms with Crippen molar-refractivity contribution in [3.8, 4) is 0 Å². The van der Waals surface area contributed by atoms with Gasteiger partial charge in [0.2, 0.25) is 0 Å². The molecule has 14 heavy (non-hydrogen) atoms. The number of nitrogens with zero attached hydrogens (tertiary/aromatic N) is 1. The number of benzene rings is 1. The van der Waals surface area contributed by atoms with E-state index in [-0.39, 0.29) is 17.7 Å². The van der Waals surface area contributed by atoms with Crippen molar-refractivity contribution in [2.24, 2.45) is 0 Å². The molecular weight excluding hydrogens is 350 g/mol. The van der Waals surface area contributed by atoms with E-state index in [2.05, 4.69) is 48.3 Å². The predicted octanol–water partition coefficient (Wildman–Crippen LogP) is 1.42. The molecule has 0 atom stereocenters. The Morgan fingerprint density at radius 1 is 1.00 bits per heavy atom. The molecule has 0 fully saturated rings. The Balaban J connectivity index is 2.24. The SMILES string of the molecule is Cc1cccn[c]1[Ir][c]1ccccc1. The zero-order chi connectivity index (χ0) is 9.80. The van der Waals surface area contributed by atoms with Crippen molar-refractivity contribution < 1.29 is 17.7 Å². The van der Waals surface area contributed by atoms with Crippen LogP contribution in [0.4, 0.5) is 0 Å². The van der Waals surface area contributed by atoms with Crippen molar-refractivity contribution in [2.75, 3.05) is 0 Å². The molecule has 0 spiro atoms. The van der Waals surface area contributed by atoms with Crippen LogP contribution in [0.5, 0.6) is 0 Å². The third-order valence-electron chi connectivity index (χ3n) is 1.82. The first kappa shape index (κ1) is 9.57. The van der Waals surface area contributed by atoms with E-state index in [1.54, 1.807) is 0 Å². The molecule has 1 aromatic heterocycles. The standard InChI is InChI=1S/C6H6N.C6H5.Ir/c1-6-3-2-4-7-5-6;1-2-4-6-5-3-1;/h2-4H,1H3;1-5H;. The maximum atomic E-state index is 4.43. The third kappa shape index (κ3) is 2.28. The minimum absolute atomic E-state index is 0.244. The summed E-state index contributed by atoms with van der Waals surface area (Å²) in [5.41, 5.74) is 1.32. The quantitative estimate of drug-likeness (QED) is 0.789. The number of hydrogen-bond acceptors (Lipinski definition) is 1. The number of aromatic nitrogens is 1. The molecule has 0 N–H and O–H groups in total. The Labute approximate surface area is 92.2 Å². The first-order valence-corrected chi connectivity index (χ1v) is 6.83. The van der Waals surface area contributed by atoms with E-state index in [0.29, 0.717) is 0 Å². The predicted molar refractivity (Wildman–Crippen MR) is 54.7 cm³/mol. The van der Waals surface area contributed by atoms with Crippen LogP contribution in [0.3, 0.4) is 0 Å². The van der Waals surface area contributed by atoms with Gasteiger partial charge in [0, 0.05) is 0 Å². The monoisotopic (exact) mass is 362 g/mol. The molecule has 0 radical (unpaired) electrons. The summed E-state index contributed by atoms with van der Waals surface area (Å²) >= 11 is -0.244. The number of rotatable bonds is 2. The van der Waals surface area contributed by atoms with E-state index in [1.807, 2.05) is 12.3 Å². The summed E-state index contributed by atoms with van der Waals surface area (Å²) < 4.78 is 2.73. The van der Waals surface area contributed by atoms with Crippen LogP contribution < -0.4 is 8.29 Å². The molecule has 0 bridgehead atoms. The van der Waals surface area contributed by atoms with E-state index in [9.17, 15) is 0 Å². The van der Waals surface area contributed by atoms with Gasteiger partial charge < -0.3 is 0 Å². The minimum atomic E-state index is -0.244. The molecule has 0 aliphatic heterocycles. The summed E-state index contributed by atoms with van der Waals surface area (Å²) in [6.07, 6.45) is 1.88. The molecule has 2 heteroatoms. The van der Waals surface area contributed by atoms with Crippen LogP contribution in [0.1, 0.15) is 5.56 Å². The second-order valence-corrected chi connectivity index (χ2v) is 6.06. The van der Waals surface area contributed by atoms with Crippen molar-refractivity contribution in [1.29, 1.82) is 0 Å². The van der Waals surface area contributed by atoms with E-state index in [1.165, 1.54) is 13.8 Å². The molecule has 0 aliphatic rings. The Morgan fingerprint density at radius 3 is 2.50 bits per heavy atom. The van der Waals surface area contributed by atoms with Gasteiger partial charge in [0.25, 0.3) is 0 Å². The topological polar surface area (TPSA) is 12.9 Å². The van der Waals surface area contributed by atoms with Crippen molar-refractivity contribution in [3.63, 3.8) is 0 Å². The van der Waals surface area contributed by atoms with Gasteiger partial charge in [-0.3, -0.25) is 0 Å². The average Bonchev–Trinajstić information content (AvgIpc) is 2.23. The van der Waals surface area contributed by atoms with Crippen LogP contribution in [-0.4, -0.2) is 4.98 Å². The second-order valence-electron chi connectivity index (χ2n) is 2.94. The summed E-state index contributed by atoms with van der Waals surface area (Å²) in [7, 11) is 0. The van der Waals surface area contributed by atoms with Gasteiger partial charge in [-0.25, -0.2) is 0 Å². The van der Waals surface area contributed by atoms with Gasteiger partial charge >= 0.3 is 92.1 Å². The third-order valence-corrected chi connectivity index (χ3v) is 5.13. The van der Waals surface area contributed by atoms with Gasteiger partial charge in [0.1, 0.15) is 0 Å². The fourth-order valence-electron chi connectivity index (χ4n) is 1.10. The summed E-state index contributed by atoms with van der Waals surface area (Å²) in [5, 5.41) is 0. The molecule has 0 saturated heterocycles. The van der Waals surface area contributed by atoms with Gasteiger partial charge in [-0.05, 0) is 0 Å². The molecule has 1 heterocycles. The number of aryl methyl sites for hydroxylation is 1. The van der Waals surface area contributed by atoms with Gasteiger partial charge in [-0.15, -0.1) is 0 Å². The molecule has 0 unspecified atom stereocenters. The van der Waals surface area contributed by atoms with Crippen molar-refractivity contribution >= 4 is 8.29 Å². The molecule has 0 saturated carbocycles. The summed E-state index contributed by atoms with van der Waals surface area (Å²) in [6, 6.07) is 14.8. The number of pyridine rings is 1. The Hall–Kier alpha value is -0.981. The normalized spacial score (nSPS) is 10.4. The molecule has 2 rings (SSSR count). The fourth-order valence-corrected chi connectivity index (χ4v) is 3.62. The molecule has 1 nitrogen and oxygen atoms in total. The summed E-state index contributed by atoms with van der Waals surface area (Å²) in [5.74, 6) is 0. The van der Waals surface area contributed by atoms with Crippen molar-refractivity contribution in [1.82, 2.24) is 4.98 Å². The Morgan fingerprint density at radius 2 is 1.79 bits per heavy atom. The van der Waals surface area contributed by atoms with Gasteiger partial charge in [-0.1, -0.05) is 0 Å². The molecule has 2 aromatic rings. The van der Waals surface area contributed by atoms with Gasteiger partial charge in [0.05, 0.1) is 0 Å². The average molecular weight is 361 g/mol. The maximum absolute atomic E-state index is 4.43. The summed E-state index contributed by atoms with van der Waals surface area (Å²) in [6.45, 7) is 2.13. The van der Waals surface area contributed by atoms with E-state index in [0.717, 1.165) is 0 Å². The zero-order valence-electron chi connectivity index (χ0n) is 7.90. The Bertz CT molecular complexity index is 412. The zero-order valence-corrected chi connectivity index (χ0v) is 10.3. The molecule has 1 aromatic carbocycles. The van der Waals surface area contributed by atoms with Crippen LogP contribution in [0.2, 0.25) is 0 Å². The first-order chi connectivity index (χ1) is 6.86. The van der Waals surface area contributed by atoms with Crippen LogP contribution in [-0.2, 0) is 17.7 Å². The van der Waals surface area contributed by atoms with Crippen LogP contribution >= 0.6 is 0 Å². The van der Waals surface area contributed by atoms with Crippen LogP contribution in [0.25, 0.3) is 0 Å². The van der Waals surface area contributed by atoms with Crippen LogP contribution in [0, 0.1) is 6.92 Å². The van der Waals surface area contributed by atoms with Crippen molar-refractivity contribution in [2.45, 2.75) is 6.92 Å². The first-order valence-electron chi connectivity index (χ1n) is 4.43. The summed E-state index contributed by atoms with van der Waals surface area (Å²) in [4.78, 5) is 4.43. The van der Waals surface area contributed by atoms with Gasteiger partial charge in [0.15, 0.2) is 0 Å². The Kier molecular flexibility index (Phi) is 3.07. The molecular formula is C12H11IrN. The van der Waals surface area contributed by atoms with E-state index >= 15 is 0 Å². The molecule has 73 valence electrons. The van der Waals surface area contributed by atoms with Crippen LogP contribution in [0.15, 0.2) is 48.7 Å². The van der Waals surface area contributed by atoms with E-state index < -0.39 is 0 Å². The number of hydrogen-bond donors (Lipinski definition) is 0. The van der Waals surface area contributed by atoms with Gasteiger partial charge in [-0.2, -0.15) is 0 Å². The second kappa shape index (κ2) is 4.49. The van der Waals surface area contributed by atoms with Crippen molar-refractivity contribution in [3.05, 3.63) is 54.2 Å². The van der Waals surface area contributed by atoms with E-state index in [4.69, 9.17) is 0 Å². The molecule has 0 aliphatic carbocycles. The fraction of sp³-hybridized carbons (Fsp3) is 0.0833.